The second-order valence-electron chi connectivity index (χ2n) is 10.1. The molecule has 2 aromatic rings. The van der Waals surface area contributed by atoms with Crippen LogP contribution in [-0.2, 0) is 6.42 Å². The van der Waals surface area contributed by atoms with Crippen LogP contribution in [-0.4, -0.2) is 0 Å². The van der Waals surface area contributed by atoms with E-state index < -0.39 is 0 Å². The number of unbranched alkanes of at least 4 members (excludes halogenated alkanes) is 2. The molecule has 2 unspecified atom stereocenters. The van der Waals surface area contributed by atoms with Gasteiger partial charge in [0.2, 0.25) is 0 Å². The van der Waals surface area contributed by atoms with Crippen LogP contribution in [0.15, 0.2) is 43.0 Å². The minimum absolute atomic E-state index is 0.0633. The molecule has 0 amide bonds. The lowest BCUT2D eigenvalue weighted by atomic mass is 9.63. The highest BCUT2D eigenvalue weighted by Crippen LogP contribution is 2.48. The molecule has 30 heavy (non-hydrogen) atoms. The smallest absolute Gasteiger partial charge is 0.127 e. The Morgan fingerprint density at radius 2 is 1.80 bits per heavy atom. The van der Waals surface area contributed by atoms with Crippen molar-refractivity contribution in [3.63, 3.8) is 0 Å². The van der Waals surface area contributed by atoms with E-state index in [0.717, 1.165) is 41.5 Å². The third-order valence-electron chi connectivity index (χ3n) is 8.06. The Bertz CT molecular complexity index is 851. The number of hydrogen-bond acceptors (Lipinski definition) is 0. The van der Waals surface area contributed by atoms with Gasteiger partial charge in [-0.05, 0) is 103 Å². The summed E-state index contributed by atoms with van der Waals surface area (Å²) in [5.41, 5.74) is 2.25. The van der Waals surface area contributed by atoms with Crippen molar-refractivity contribution in [2.75, 3.05) is 0 Å². The summed E-state index contributed by atoms with van der Waals surface area (Å²) >= 11 is 0. The van der Waals surface area contributed by atoms with Crippen LogP contribution >= 0.6 is 0 Å². The molecule has 0 aromatic heterocycles. The van der Waals surface area contributed by atoms with Crippen molar-refractivity contribution in [2.45, 2.75) is 89.9 Å². The van der Waals surface area contributed by atoms with Gasteiger partial charge in [-0.3, -0.25) is 0 Å². The number of aryl methyl sites for hydroxylation is 1. The van der Waals surface area contributed by atoms with Gasteiger partial charge in [0, 0.05) is 0 Å². The van der Waals surface area contributed by atoms with Crippen LogP contribution in [0, 0.1) is 23.6 Å². The lowest BCUT2D eigenvalue weighted by Gasteiger charge is -2.42. The van der Waals surface area contributed by atoms with Gasteiger partial charge in [-0.1, -0.05) is 63.3 Å². The summed E-state index contributed by atoms with van der Waals surface area (Å²) in [5, 5.41) is 2.23. The standard InChI is InChI=1S/C29H39F/c1-3-5-7-8-21-10-11-23-17-24(13-12-22(23)16-21)25-14-15-26-18-27(9-6-4-2)29(30)20-28(26)19-25/h4,14-15,18-24H,2-3,5-13,16-17H2,1H3/t21?,22-,23?,24-/m1/s1. The second kappa shape index (κ2) is 10.1. The van der Waals surface area contributed by atoms with E-state index in [0.29, 0.717) is 5.92 Å². The number of halogens is 1. The fourth-order valence-corrected chi connectivity index (χ4v) is 6.27. The summed E-state index contributed by atoms with van der Waals surface area (Å²) in [6, 6.07) is 10.6. The zero-order chi connectivity index (χ0) is 20.9. The molecule has 2 aliphatic rings. The quantitative estimate of drug-likeness (QED) is 0.303. The molecule has 2 aromatic carbocycles. The van der Waals surface area contributed by atoms with Crippen LogP contribution in [0.3, 0.4) is 0 Å². The Morgan fingerprint density at radius 3 is 2.63 bits per heavy atom. The van der Waals surface area contributed by atoms with Gasteiger partial charge < -0.3 is 0 Å². The average molecular weight is 407 g/mol. The molecule has 0 spiro atoms. The molecule has 4 atom stereocenters. The molecule has 2 aliphatic carbocycles. The van der Waals surface area contributed by atoms with Crippen molar-refractivity contribution in [1.29, 1.82) is 0 Å². The van der Waals surface area contributed by atoms with Gasteiger partial charge in [0.25, 0.3) is 0 Å². The summed E-state index contributed by atoms with van der Waals surface area (Å²) in [6.45, 7) is 6.06. The fourth-order valence-electron chi connectivity index (χ4n) is 6.27. The van der Waals surface area contributed by atoms with E-state index in [4.69, 9.17) is 0 Å². The molecule has 0 bridgehead atoms. The molecule has 1 heteroatoms. The minimum atomic E-state index is -0.0633. The van der Waals surface area contributed by atoms with Gasteiger partial charge in [-0.15, -0.1) is 6.58 Å². The van der Waals surface area contributed by atoms with Crippen LogP contribution in [0.4, 0.5) is 4.39 Å². The molecule has 0 radical (unpaired) electrons. The monoisotopic (exact) mass is 406 g/mol. The molecule has 0 N–H and O–H groups in total. The Labute approximate surface area is 183 Å². The predicted molar refractivity (Wildman–Crippen MR) is 127 cm³/mol. The Morgan fingerprint density at radius 1 is 0.967 bits per heavy atom. The molecule has 2 fully saturated rings. The number of allylic oxidation sites excluding steroid dienone is 1. The van der Waals surface area contributed by atoms with Crippen LogP contribution < -0.4 is 0 Å². The normalized spacial score (nSPS) is 26.5. The third kappa shape index (κ3) is 4.98. The minimum Gasteiger partial charge on any atom is -0.207 e. The first kappa shape index (κ1) is 21.6. The van der Waals surface area contributed by atoms with Gasteiger partial charge in [-0.2, -0.15) is 0 Å². The van der Waals surface area contributed by atoms with E-state index >= 15 is 0 Å². The molecule has 0 saturated heterocycles. The van der Waals surface area contributed by atoms with Gasteiger partial charge in [0.15, 0.2) is 0 Å². The average Bonchev–Trinajstić information content (AvgIpc) is 2.77. The van der Waals surface area contributed by atoms with Gasteiger partial charge in [0.1, 0.15) is 5.82 Å². The second-order valence-corrected chi connectivity index (χ2v) is 10.1. The Balaban J connectivity index is 1.41. The Kier molecular flexibility index (Phi) is 7.28. The zero-order valence-corrected chi connectivity index (χ0v) is 18.8. The number of rotatable bonds is 8. The number of fused-ring (bicyclic) bond motifs is 2. The predicted octanol–water partition coefficient (Wildman–Crippen LogP) is 8.98. The largest absolute Gasteiger partial charge is 0.207 e. The molecular weight excluding hydrogens is 367 g/mol. The first-order chi connectivity index (χ1) is 14.7. The van der Waals surface area contributed by atoms with Crippen LogP contribution in [0.5, 0.6) is 0 Å². The van der Waals surface area contributed by atoms with Crippen LogP contribution in [0.25, 0.3) is 10.8 Å². The Hall–Kier alpha value is -1.63. The first-order valence-corrected chi connectivity index (χ1v) is 12.5. The zero-order valence-electron chi connectivity index (χ0n) is 18.8. The van der Waals surface area contributed by atoms with E-state index in [9.17, 15) is 4.39 Å². The summed E-state index contributed by atoms with van der Waals surface area (Å²) in [7, 11) is 0. The highest BCUT2D eigenvalue weighted by molar-refractivity contribution is 5.84. The third-order valence-corrected chi connectivity index (χ3v) is 8.06. The highest BCUT2D eigenvalue weighted by atomic mass is 19.1. The van der Waals surface area contributed by atoms with Crippen molar-refractivity contribution >= 4 is 10.8 Å². The van der Waals surface area contributed by atoms with Crippen molar-refractivity contribution < 1.29 is 4.39 Å². The van der Waals surface area contributed by atoms with Crippen molar-refractivity contribution in [2.24, 2.45) is 17.8 Å². The molecule has 162 valence electrons. The molecule has 2 saturated carbocycles. The molecule has 0 heterocycles. The van der Waals surface area contributed by atoms with E-state index in [1.807, 2.05) is 12.1 Å². The van der Waals surface area contributed by atoms with Gasteiger partial charge in [-0.25, -0.2) is 4.39 Å². The summed E-state index contributed by atoms with van der Waals surface area (Å²) in [6.07, 6.45) is 17.5. The van der Waals surface area contributed by atoms with E-state index in [-0.39, 0.29) is 5.82 Å². The van der Waals surface area contributed by atoms with Crippen molar-refractivity contribution in [1.82, 2.24) is 0 Å². The lowest BCUT2D eigenvalue weighted by Crippen LogP contribution is -2.30. The maximum atomic E-state index is 14.6. The molecule has 0 nitrogen and oxygen atoms in total. The van der Waals surface area contributed by atoms with E-state index in [1.54, 1.807) is 6.07 Å². The van der Waals surface area contributed by atoms with Gasteiger partial charge in [0.05, 0.1) is 0 Å². The molecular formula is C29H39F. The van der Waals surface area contributed by atoms with Crippen molar-refractivity contribution in [3.05, 3.63) is 59.9 Å². The molecule has 4 rings (SSSR count). The summed E-state index contributed by atoms with van der Waals surface area (Å²) in [5.74, 6) is 3.47. The number of benzene rings is 2. The number of hydrogen-bond donors (Lipinski definition) is 0. The lowest BCUT2D eigenvalue weighted by molar-refractivity contribution is 0.113. The van der Waals surface area contributed by atoms with E-state index in [2.05, 4.69) is 31.7 Å². The maximum absolute atomic E-state index is 14.6. The topological polar surface area (TPSA) is 0 Å². The maximum Gasteiger partial charge on any atom is 0.127 e. The molecule has 0 aliphatic heterocycles. The van der Waals surface area contributed by atoms with Gasteiger partial charge >= 0.3 is 0 Å². The summed E-state index contributed by atoms with van der Waals surface area (Å²) < 4.78 is 14.6. The van der Waals surface area contributed by atoms with Crippen molar-refractivity contribution in [3.8, 4) is 0 Å². The van der Waals surface area contributed by atoms with Crippen LogP contribution in [0.1, 0.15) is 94.6 Å². The highest BCUT2D eigenvalue weighted by Gasteiger charge is 2.35. The summed E-state index contributed by atoms with van der Waals surface area (Å²) in [4.78, 5) is 0. The van der Waals surface area contributed by atoms with E-state index in [1.165, 1.54) is 75.2 Å². The first-order valence-electron chi connectivity index (χ1n) is 12.5. The van der Waals surface area contributed by atoms with Crippen LogP contribution in [0.2, 0.25) is 0 Å². The fraction of sp³-hybridized carbons (Fsp3) is 0.586. The SMILES string of the molecule is C=CCCc1cc2ccc([C@@H]3CC[C@@H]4CC(CCCCC)CCC4C3)cc2cc1F.